The molecule has 0 unspecified atom stereocenters. The molecule has 1 fully saturated rings. The number of rotatable bonds is 3. The van der Waals surface area contributed by atoms with Crippen LogP contribution in [0.1, 0.15) is 0 Å². The molecule has 3 N–H and O–H groups in total. The molecule has 0 aliphatic carbocycles. The molecule has 1 aliphatic heterocycles. The van der Waals surface area contributed by atoms with E-state index in [0.29, 0.717) is 37.4 Å². The maximum Gasteiger partial charge on any atom is 0.243 e. The summed E-state index contributed by atoms with van der Waals surface area (Å²) in [6, 6.07) is 4.85. The van der Waals surface area contributed by atoms with Gasteiger partial charge in [-0.1, -0.05) is 6.07 Å². The zero-order valence-corrected chi connectivity index (χ0v) is 14.2. The number of nitrogens with one attached hydrogen (secondary N) is 1. The van der Waals surface area contributed by atoms with Crippen molar-refractivity contribution in [1.29, 1.82) is 0 Å². The van der Waals surface area contributed by atoms with E-state index in [9.17, 15) is 8.42 Å². The second-order valence-electron chi connectivity index (χ2n) is 5.18. The minimum atomic E-state index is -3.56. The highest BCUT2D eigenvalue weighted by molar-refractivity contribution is 7.89. The molecule has 1 saturated heterocycles. The van der Waals surface area contributed by atoms with E-state index in [0.717, 1.165) is 5.39 Å². The van der Waals surface area contributed by atoms with Crippen LogP contribution in [0.3, 0.4) is 0 Å². The van der Waals surface area contributed by atoms with Crippen LogP contribution >= 0.6 is 11.8 Å². The number of hydrogen-bond donors (Lipinski definition) is 2. The number of aromatic nitrogens is 1. The lowest BCUT2D eigenvalue weighted by molar-refractivity contribution is 0.0730. The van der Waals surface area contributed by atoms with E-state index in [-0.39, 0.29) is 10.9 Å². The van der Waals surface area contributed by atoms with Crippen molar-refractivity contribution in [3.63, 3.8) is 0 Å². The second-order valence-corrected chi connectivity index (χ2v) is 7.29. The Balaban J connectivity index is 2.00. The molecule has 1 aliphatic rings. The number of guanidine groups is 1. The Morgan fingerprint density at radius 3 is 2.79 bits per heavy atom. The molecule has 0 radical (unpaired) electrons. The molecule has 0 saturated carbocycles. The van der Waals surface area contributed by atoms with Gasteiger partial charge in [0.15, 0.2) is 0 Å². The van der Waals surface area contributed by atoms with Crippen molar-refractivity contribution < 1.29 is 13.2 Å². The number of pyridine rings is 1. The summed E-state index contributed by atoms with van der Waals surface area (Å²) >= 11 is 5.31. The number of nitrogens with two attached hydrogens (primary N) is 1. The van der Waals surface area contributed by atoms with Crippen molar-refractivity contribution in [3.05, 3.63) is 30.6 Å². The molecule has 24 heavy (non-hydrogen) atoms. The summed E-state index contributed by atoms with van der Waals surface area (Å²) in [5, 5.41) is 4.24. The monoisotopic (exact) mass is 369 g/mol. The number of nitrogens with zero attached hydrogens (tertiary/aromatic N) is 3. The Kier molecular flexibility index (Phi) is 4.86. The smallest absolute Gasteiger partial charge is 0.243 e. The van der Waals surface area contributed by atoms with Crippen molar-refractivity contribution in [1.82, 2.24) is 9.29 Å². The minimum Gasteiger partial charge on any atom is -0.379 e. The van der Waals surface area contributed by atoms with Gasteiger partial charge in [0.2, 0.25) is 16.0 Å². The van der Waals surface area contributed by atoms with Crippen LogP contribution in [-0.4, -0.2) is 50.0 Å². The van der Waals surface area contributed by atoms with E-state index in [1.807, 2.05) is 0 Å². The van der Waals surface area contributed by atoms with Crippen molar-refractivity contribution in [2.75, 3.05) is 31.6 Å². The van der Waals surface area contributed by atoms with Crippen molar-refractivity contribution >= 4 is 44.2 Å². The third-order valence-corrected chi connectivity index (χ3v) is 5.77. The lowest BCUT2D eigenvalue weighted by atomic mass is 10.1. The van der Waals surface area contributed by atoms with Gasteiger partial charge in [-0.25, -0.2) is 8.42 Å². The first-order valence-electron chi connectivity index (χ1n) is 7.19. The molecule has 2 heterocycles. The largest absolute Gasteiger partial charge is 0.379 e. The van der Waals surface area contributed by atoms with Crippen LogP contribution in [-0.2, 0) is 14.8 Å². The van der Waals surface area contributed by atoms with E-state index < -0.39 is 10.0 Å². The van der Waals surface area contributed by atoms with Crippen LogP contribution in [0.5, 0.6) is 0 Å². The van der Waals surface area contributed by atoms with Gasteiger partial charge in [-0.15, -0.1) is 4.51 Å². The molecule has 0 atom stereocenters. The number of morpholine rings is 1. The van der Waals surface area contributed by atoms with Crippen LogP contribution in [0, 0.1) is 0 Å². The van der Waals surface area contributed by atoms with E-state index in [2.05, 4.69) is 14.8 Å². The van der Waals surface area contributed by atoms with Crippen molar-refractivity contribution in [2.24, 2.45) is 10.2 Å². The third-order valence-electron chi connectivity index (χ3n) is 3.69. The zero-order chi connectivity index (χ0) is 17.2. The maximum absolute atomic E-state index is 12.7. The average Bonchev–Trinajstić information content (AvgIpc) is 2.62. The number of fused-ring (bicyclic) bond motifs is 1. The van der Waals surface area contributed by atoms with Gasteiger partial charge in [0.1, 0.15) is 0 Å². The molecule has 3 rings (SSSR count). The summed E-state index contributed by atoms with van der Waals surface area (Å²) in [5.74, 6) is 0.0241. The van der Waals surface area contributed by atoms with Gasteiger partial charge >= 0.3 is 0 Å². The highest BCUT2D eigenvalue weighted by atomic mass is 35.5. The highest BCUT2D eigenvalue weighted by Crippen LogP contribution is 2.26. The number of hydrogen-bond acceptors (Lipinski definition) is 5. The summed E-state index contributed by atoms with van der Waals surface area (Å²) < 4.78 is 35.4. The van der Waals surface area contributed by atoms with Crippen molar-refractivity contribution in [2.45, 2.75) is 4.90 Å². The Labute approximate surface area is 144 Å². The Hall–Kier alpha value is -1.94. The molecular weight excluding hydrogens is 354 g/mol. The van der Waals surface area contributed by atoms with Gasteiger partial charge in [0.05, 0.1) is 30.0 Å². The van der Waals surface area contributed by atoms with E-state index in [1.165, 1.54) is 4.31 Å². The SMILES string of the molecule is NC(=NCl)Nc1cncc2cc(S(=O)(=O)N3CCOCC3)ccc12. The summed E-state index contributed by atoms with van der Waals surface area (Å²) in [6.07, 6.45) is 3.15. The van der Waals surface area contributed by atoms with E-state index in [4.69, 9.17) is 22.2 Å². The normalized spacial score (nSPS) is 17.1. The van der Waals surface area contributed by atoms with Gasteiger partial charge in [0.25, 0.3) is 0 Å². The quantitative estimate of drug-likeness (QED) is 0.620. The number of halogens is 1. The Morgan fingerprint density at radius 2 is 2.08 bits per heavy atom. The molecular formula is C14H16ClN5O3S. The number of sulfonamides is 1. The standard InChI is InChI=1S/C14H16ClN5O3S/c15-19-14(16)18-13-9-17-8-10-7-11(1-2-12(10)13)24(21,22)20-3-5-23-6-4-20/h1-2,7-9H,3-6H2,(H3,16,18,19). The van der Waals surface area contributed by atoms with Crippen molar-refractivity contribution in [3.8, 4) is 0 Å². The molecule has 8 nitrogen and oxygen atoms in total. The minimum absolute atomic E-state index is 0.0241. The predicted molar refractivity (Wildman–Crippen MR) is 92.4 cm³/mol. The number of benzene rings is 1. The van der Waals surface area contributed by atoms with Gasteiger partial charge in [-0.3, -0.25) is 4.98 Å². The second kappa shape index (κ2) is 6.89. The maximum atomic E-state index is 12.7. The molecule has 10 heteroatoms. The fourth-order valence-electron chi connectivity index (χ4n) is 2.51. The zero-order valence-electron chi connectivity index (χ0n) is 12.6. The van der Waals surface area contributed by atoms with Crippen LogP contribution < -0.4 is 11.1 Å². The molecule has 1 aromatic heterocycles. The van der Waals surface area contributed by atoms with E-state index >= 15 is 0 Å². The third kappa shape index (κ3) is 3.29. The lowest BCUT2D eigenvalue weighted by Gasteiger charge is -2.26. The van der Waals surface area contributed by atoms with Crippen LogP contribution in [0.4, 0.5) is 5.69 Å². The summed E-state index contributed by atoms with van der Waals surface area (Å²) in [5.41, 5.74) is 6.15. The molecule has 0 bridgehead atoms. The number of anilines is 1. The van der Waals surface area contributed by atoms with Crippen LogP contribution in [0.15, 0.2) is 40.0 Å². The Bertz CT molecular complexity index is 881. The van der Waals surface area contributed by atoms with Gasteiger partial charge in [-0.05, 0) is 12.1 Å². The average molecular weight is 370 g/mol. The molecule has 0 amide bonds. The fraction of sp³-hybridized carbons (Fsp3) is 0.286. The predicted octanol–water partition coefficient (Wildman–Crippen LogP) is 1.14. The van der Waals surface area contributed by atoms with Gasteiger partial charge in [0, 0.05) is 41.8 Å². The summed E-state index contributed by atoms with van der Waals surface area (Å²) in [4.78, 5) is 4.31. The van der Waals surface area contributed by atoms with Crippen LogP contribution in [0.2, 0.25) is 0 Å². The van der Waals surface area contributed by atoms with E-state index in [1.54, 1.807) is 30.6 Å². The molecule has 2 aromatic rings. The fourth-order valence-corrected chi connectivity index (χ4v) is 4.00. The molecule has 1 aromatic carbocycles. The first-order chi connectivity index (χ1) is 11.5. The lowest BCUT2D eigenvalue weighted by Crippen LogP contribution is -2.40. The van der Waals surface area contributed by atoms with Crippen LogP contribution in [0.25, 0.3) is 10.8 Å². The Morgan fingerprint density at radius 1 is 1.33 bits per heavy atom. The van der Waals surface area contributed by atoms with Gasteiger partial charge in [-0.2, -0.15) is 4.31 Å². The topological polar surface area (TPSA) is 110 Å². The van der Waals surface area contributed by atoms with Gasteiger partial charge < -0.3 is 15.8 Å². The molecule has 0 spiro atoms. The summed E-state index contributed by atoms with van der Waals surface area (Å²) in [7, 11) is -3.56. The number of ether oxygens (including phenoxy) is 1. The first-order valence-corrected chi connectivity index (χ1v) is 8.97. The highest BCUT2D eigenvalue weighted by Gasteiger charge is 2.26. The first kappa shape index (κ1) is 16.9. The molecule has 128 valence electrons. The summed E-state index contributed by atoms with van der Waals surface area (Å²) in [6.45, 7) is 1.50.